The number of hydrogen-bond acceptors (Lipinski definition) is 4. The van der Waals surface area contributed by atoms with Crippen LogP contribution in [-0.2, 0) is 19.1 Å². The van der Waals surface area contributed by atoms with E-state index in [1.807, 2.05) is 12.2 Å². The highest BCUT2D eigenvalue weighted by Gasteiger charge is 2.12. The molecule has 0 heterocycles. The van der Waals surface area contributed by atoms with Gasteiger partial charge in [-0.15, -0.1) is 0 Å². The number of ether oxygens (including phenoxy) is 1. The van der Waals surface area contributed by atoms with Gasteiger partial charge in [0.05, 0.1) is 0 Å². The Labute approximate surface area is 281 Å². The smallest absolute Gasteiger partial charge is 0.322 e. The number of amides is 1. The highest BCUT2D eigenvalue weighted by Crippen LogP contribution is 2.13. The number of rotatable bonds is 31. The van der Waals surface area contributed by atoms with E-state index in [4.69, 9.17) is 9.84 Å². The molecule has 2 N–H and O–H groups in total. The normalized spacial score (nSPS) is 12.9. The first kappa shape index (κ1) is 42.9. The predicted molar refractivity (Wildman–Crippen MR) is 194 cm³/mol. The maximum atomic E-state index is 12.6. The minimum Gasteiger partial charge on any atom is -0.480 e. The molecule has 0 aliphatic heterocycles. The highest BCUT2D eigenvalue weighted by atomic mass is 16.5. The van der Waals surface area contributed by atoms with Gasteiger partial charge in [-0.2, -0.15) is 0 Å². The van der Waals surface area contributed by atoms with E-state index in [0.29, 0.717) is 25.7 Å². The molecule has 0 spiro atoms. The number of carboxylic acids is 1. The molecular formula is C40H65NO5. The van der Waals surface area contributed by atoms with Gasteiger partial charge in [-0.3, -0.25) is 14.4 Å². The fraction of sp³-hybridized carbons (Fsp3) is 0.625. The molecule has 0 saturated carbocycles. The van der Waals surface area contributed by atoms with Crippen molar-refractivity contribution in [1.29, 1.82) is 0 Å². The Balaban J connectivity index is 4.41. The second-order valence-corrected chi connectivity index (χ2v) is 11.7. The summed E-state index contributed by atoms with van der Waals surface area (Å²) < 4.78 is 5.80. The number of hydrogen-bond donors (Lipinski definition) is 2. The summed E-state index contributed by atoms with van der Waals surface area (Å²) in [6.07, 6.45) is 45.9. The van der Waals surface area contributed by atoms with Crippen molar-refractivity contribution in [2.75, 3.05) is 6.54 Å². The molecule has 0 aromatic rings. The summed E-state index contributed by atoms with van der Waals surface area (Å²) in [6, 6.07) is 0. The van der Waals surface area contributed by atoms with Crippen molar-refractivity contribution >= 4 is 17.8 Å². The summed E-state index contributed by atoms with van der Waals surface area (Å²) in [5.41, 5.74) is 0. The van der Waals surface area contributed by atoms with E-state index in [-0.39, 0.29) is 30.9 Å². The van der Waals surface area contributed by atoms with Crippen molar-refractivity contribution in [3.05, 3.63) is 72.9 Å². The van der Waals surface area contributed by atoms with Crippen LogP contribution in [0.1, 0.15) is 149 Å². The summed E-state index contributed by atoms with van der Waals surface area (Å²) in [5, 5.41) is 11.1. The Morgan fingerprint density at radius 1 is 0.609 bits per heavy atom. The van der Waals surface area contributed by atoms with Crippen LogP contribution in [0.2, 0.25) is 0 Å². The van der Waals surface area contributed by atoms with E-state index in [2.05, 4.69) is 79.9 Å². The number of carbonyl (C=O) groups is 3. The number of nitrogens with one attached hydrogen (secondary N) is 1. The van der Waals surface area contributed by atoms with Crippen LogP contribution < -0.4 is 5.32 Å². The van der Waals surface area contributed by atoms with Crippen molar-refractivity contribution < 1.29 is 24.2 Å². The molecule has 0 rings (SSSR count). The van der Waals surface area contributed by atoms with Crippen LogP contribution in [0.15, 0.2) is 72.9 Å². The fourth-order valence-corrected chi connectivity index (χ4v) is 4.69. The van der Waals surface area contributed by atoms with Gasteiger partial charge in [0.15, 0.2) is 0 Å². The van der Waals surface area contributed by atoms with Gasteiger partial charge < -0.3 is 15.2 Å². The van der Waals surface area contributed by atoms with Gasteiger partial charge in [0.25, 0.3) is 0 Å². The minimum absolute atomic E-state index is 0.170. The Morgan fingerprint density at radius 3 is 1.72 bits per heavy atom. The molecule has 260 valence electrons. The van der Waals surface area contributed by atoms with Gasteiger partial charge in [0, 0.05) is 12.8 Å². The molecule has 0 bridgehead atoms. The van der Waals surface area contributed by atoms with Gasteiger partial charge >= 0.3 is 11.9 Å². The third-order valence-corrected chi connectivity index (χ3v) is 7.35. The lowest BCUT2D eigenvalue weighted by atomic mass is 10.1. The van der Waals surface area contributed by atoms with Crippen LogP contribution in [0.25, 0.3) is 0 Å². The SMILES string of the molecule is CC/C=C\C/C=C\C/C=C\C/C=C\C/C=C\C(CCCCC(=O)NCC(=O)O)OC(=O)CCCCCCC/C=C\CCCCCC. The summed E-state index contributed by atoms with van der Waals surface area (Å²) in [5.74, 6) is -1.50. The fourth-order valence-electron chi connectivity index (χ4n) is 4.69. The number of carboxylic acid groups (broad SMARTS) is 1. The van der Waals surface area contributed by atoms with Crippen LogP contribution in [-0.4, -0.2) is 35.6 Å². The zero-order valence-electron chi connectivity index (χ0n) is 29.1. The lowest BCUT2D eigenvalue weighted by molar-refractivity contribution is -0.147. The molecule has 0 aliphatic rings. The predicted octanol–water partition coefficient (Wildman–Crippen LogP) is 10.7. The number of aliphatic carboxylic acids is 1. The van der Waals surface area contributed by atoms with Gasteiger partial charge in [0.1, 0.15) is 12.6 Å². The lowest BCUT2D eigenvalue weighted by Crippen LogP contribution is -2.28. The van der Waals surface area contributed by atoms with Gasteiger partial charge in [0.2, 0.25) is 5.91 Å². The number of unbranched alkanes of at least 4 members (excludes halogenated alkanes) is 10. The first-order chi connectivity index (χ1) is 22.5. The molecule has 46 heavy (non-hydrogen) atoms. The Bertz CT molecular complexity index is 928. The molecule has 0 fully saturated rings. The van der Waals surface area contributed by atoms with Crippen molar-refractivity contribution in [2.45, 2.75) is 155 Å². The van der Waals surface area contributed by atoms with Crippen molar-refractivity contribution in [3.63, 3.8) is 0 Å². The average Bonchev–Trinajstić information content (AvgIpc) is 3.04. The Kier molecular flexibility index (Phi) is 32.3. The molecule has 6 heteroatoms. The largest absolute Gasteiger partial charge is 0.480 e. The van der Waals surface area contributed by atoms with Crippen LogP contribution in [0.5, 0.6) is 0 Å². The second kappa shape index (κ2) is 34.7. The maximum absolute atomic E-state index is 12.6. The molecule has 1 unspecified atom stereocenters. The Hall–Kier alpha value is -3.15. The average molecular weight is 640 g/mol. The summed E-state index contributed by atoms with van der Waals surface area (Å²) in [7, 11) is 0. The van der Waals surface area contributed by atoms with Gasteiger partial charge in [-0.1, -0.05) is 119 Å². The zero-order chi connectivity index (χ0) is 33.8. The second-order valence-electron chi connectivity index (χ2n) is 11.7. The summed E-state index contributed by atoms with van der Waals surface area (Å²) >= 11 is 0. The van der Waals surface area contributed by atoms with Crippen molar-refractivity contribution in [3.8, 4) is 0 Å². The highest BCUT2D eigenvalue weighted by molar-refractivity contribution is 5.80. The van der Waals surface area contributed by atoms with Crippen molar-refractivity contribution in [1.82, 2.24) is 5.32 Å². The molecular weight excluding hydrogens is 574 g/mol. The van der Waals surface area contributed by atoms with E-state index < -0.39 is 5.97 Å². The lowest BCUT2D eigenvalue weighted by Gasteiger charge is -2.14. The maximum Gasteiger partial charge on any atom is 0.322 e. The van der Waals surface area contributed by atoms with Crippen molar-refractivity contribution in [2.24, 2.45) is 0 Å². The molecule has 0 aromatic heterocycles. The van der Waals surface area contributed by atoms with E-state index in [0.717, 1.165) is 57.8 Å². The molecule has 1 amide bonds. The summed E-state index contributed by atoms with van der Waals surface area (Å²) in [6.45, 7) is 4.01. The molecule has 0 aromatic carbocycles. The zero-order valence-corrected chi connectivity index (χ0v) is 29.1. The van der Waals surface area contributed by atoms with E-state index in [1.165, 1.54) is 44.9 Å². The van der Waals surface area contributed by atoms with E-state index >= 15 is 0 Å². The molecule has 0 aliphatic carbocycles. The quantitative estimate of drug-likeness (QED) is 0.0447. The third kappa shape index (κ3) is 33.7. The first-order valence-corrected chi connectivity index (χ1v) is 18.1. The number of esters is 1. The Morgan fingerprint density at radius 2 is 1.13 bits per heavy atom. The molecule has 0 radical (unpaired) electrons. The minimum atomic E-state index is -1.06. The molecule has 1 atom stereocenters. The standard InChI is InChI=1S/C40H65NO5/c1-3-5-7-9-11-13-15-17-19-20-22-24-26-28-32-37(33-30-31-34-38(42)41-36-39(43)44)46-40(45)35-29-27-25-23-21-18-16-14-12-10-8-6-4-2/h5,7,11,13-14,16-17,19,22,24,28,32,37H,3-4,6,8-10,12,15,18,20-21,23,25-27,29-31,33-36H2,1-2H3,(H,41,42)(H,43,44)/b7-5-,13-11-,16-14-,19-17-,24-22-,32-28-. The topological polar surface area (TPSA) is 92.7 Å². The molecule has 6 nitrogen and oxygen atoms in total. The van der Waals surface area contributed by atoms with Crippen LogP contribution in [0.4, 0.5) is 0 Å². The third-order valence-electron chi connectivity index (χ3n) is 7.35. The van der Waals surface area contributed by atoms with Gasteiger partial charge in [-0.25, -0.2) is 0 Å². The monoisotopic (exact) mass is 639 g/mol. The van der Waals surface area contributed by atoms with Crippen LogP contribution >= 0.6 is 0 Å². The number of carbonyl (C=O) groups excluding carboxylic acids is 2. The van der Waals surface area contributed by atoms with E-state index in [9.17, 15) is 14.4 Å². The van der Waals surface area contributed by atoms with Crippen LogP contribution in [0.3, 0.4) is 0 Å². The summed E-state index contributed by atoms with van der Waals surface area (Å²) in [4.78, 5) is 35.0. The first-order valence-electron chi connectivity index (χ1n) is 18.1. The number of allylic oxidation sites excluding steroid dienone is 11. The van der Waals surface area contributed by atoms with Crippen LogP contribution in [0, 0.1) is 0 Å². The molecule has 0 saturated heterocycles. The van der Waals surface area contributed by atoms with Gasteiger partial charge in [-0.05, 0) is 89.5 Å². The van der Waals surface area contributed by atoms with E-state index in [1.54, 1.807) is 0 Å².